The quantitative estimate of drug-likeness (QED) is 0.902. The summed E-state index contributed by atoms with van der Waals surface area (Å²) in [5, 5.41) is 3.38. The molecular weight excluding hydrogens is 236 g/mol. The van der Waals surface area contributed by atoms with Crippen molar-refractivity contribution in [3.63, 3.8) is 0 Å². The maximum absolute atomic E-state index is 5.75. The van der Waals surface area contributed by atoms with Gasteiger partial charge in [0.15, 0.2) is 0 Å². The van der Waals surface area contributed by atoms with Crippen LogP contribution in [-0.2, 0) is 4.74 Å². The predicted molar refractivity (Wildman–Crippen MR) is 81.1 cm³/mol. The van der Waals surface area contributed by atoms with Gasteiger partial charge >= 0.3 is 0 Å². The fourth-order valence-corrected chi connectivity index (χ4v) is 2.62. The molecule has 0 aromatic heterocycles. The maximum atomic E-state index is 5.75. The number of ether oxygens (including phenoxy) is 1. The summed E-state index contributed by atoms with van der Waals surface area (Å²) in [4.78, 5) is 2.35. The molecule has 1 fully saturated rings. The van der Waals surface area contributed by atoms with Gasteiger partial charge in [-0.2, -0.15) is 0 Å². The van der Waals surface area contributed by atoms with Crippen LogP contribution in [0.25, 0.3) is 0 Å². The molecule has 1 heterocycles. The number of rotatable bonds is 4. The molecule has 1 atom stereocenters. The molecule has 1 aliphatic heterocycles. The molecule has 1 aromatic carbocycles. The first-order valence-electron chi connectivity index (χ1n) is 7.20. The first-order chi connectivity index (χ1) is 9.09. The minimum absolute atomic E-state index is 0.364. The number of nitrogens with zero attached hydrogens (tertiary/aromatic N) is 1. The fraction of sp³-hybridized carbons (Fsp3) is 0.625. The number of benzene rings is 1. The Hall–Kier alpha value is -1.06. The number of hydrogen-bond donors (Lipinski definition) is 1. The highest BCUT2D eigenvalue weighted by atomic mass is 16.5. The molecule has 1 unspecified atom stereocenters. The van der Waals surface area contributed by atoms with Gasteiger partial charge in [-0.1, -0.05) is 6.07 Å². The summed E-state index contributed by atoms with van der Waals surface area (Å²) in [5.74, 6) is 0. The van der Waals surface area contributed by atoms with Gasteiger partial charge in [-0.15, -0.1) is 0 Å². The molecule has 0 amide bonds. The van der Waals surface area contributed by atoms with Crippen LogP contribution in [-0.4, -0.2) is 39.4 Å². The van der Waals surface area contributed by atoms with Crippen LogP contribution in [0.1, 0.15) is 23.1 Å². The van der Waals surface area contributed by atoms with Crippen molar-refractivity contribution in [2.75, 3.05) is 38.2 Å². The van der Waals surface area contributed by atoms with Crippen LogP contribution in [0.15, 0.2) is 12.1 Å². The molecule has 0 spiro atoms. The molecule has 3 nitrogen and oxygen atoms in total. The van der Waals surface area contributed by atoms with E-state index in [0.29, 0.717) is 6.10 Å². The lowest BCUT2D eigenvalue weighted by molar-refractivity contribution is 0.0250. The Kier molecular flexibility index (Phi) is 4.83. The monoisotopic (exact) mass is 262 g/mol. The van der Waals surface area contributed by atoms with Crippen molar-refractivity contribution in [1.29, 1.82) is 0 Å². The normalized spacial score (nSPS) is 19.5. The largest absolute Gasteiger partial charge is 0.376 e. The first-order valence-corrected chi connectivity index (χ1v) is 7.20. The van der Waals surface area contributed by atoms with Crippen molar-refractivity contribution < 1.29 is 4.74 Å². The van der Waals surface area contributed by atoms with Gasteiger partial charge in [-0.3, -0.25) is 0 Å². The summed E-state index contributed by atoms with van der Waals surface area (Å²) < 4.78 is 5.75. The van der Waals surface area contributed by atoms with Crippen LogP contribution in [0, 0.1) is 20.8 Å². The third kappa shape index (κ3) is 3.48. The van der Waals surface area contributed by atoms with Crippen LogP contribution in [0.2, 0.25) is 0 Å². The number of nitrogens with one attached hydrogen (secondary N) is 1. The van der Waals surface area contributed by atoms with Gasteiger partial charge in [0.05, 0.1) is 12.7 Å². The third-order valence-corrected chi connectivity index (χ3v) is 4.23. The van der Waals surface area contributed by atoms with Crippen molar-refractivity contribution >= 4 is 5.69 Å². The number of hydrogen-bond acceptors (Lipinski definition) is 3. The van der Waals surface area contributed by atoms with E-state index in [2.05, 4.69) is 50.2 Å². The van der Waals surface area contributed by atoms with Crippen LogP contribution in [0.3, 0.4) is 0 Å². The van der Waals surface area contributed by atoms with E-state index in [9.17, 15) is 0 Å². The average Bonchev–Trinajstić information content (AvgIpc) is 2.43. The van der Waals surface area contributed by atoms with E-state index in [4.69, 9.17) is 4.74 Å². The number of anilines is 1. The van der Waals surface area contributed by atoms with Crippen LogP contribution in [0.5, 0.6) is 0 Å². The Bertz CT molecular complexity index is 425. The van der Waals surface area contributed by atoms with Gasteiger partial charge in [-0.05, 0) is 49.9 Å². The Balaban J connectivity index is 1.95. The van der Waals surface area contributed by atoms with Crippen LogP contribution < -0.4 is 10.2 Å². The second-order valence-corrected chi connectivity index (χ2v) is 5.56. The van der Waals surface area contributed by atoms with Gasteiger partial charge < -0.3 is 15.0 Å². The Morgan fingerprint density at radius 3 is 2.74 bits per heavy atom. The molecule has 1 saturated heterocycles. The molecule has 1 N–H and O–H groups in total. The first kappa shape index (κ1) is 14.4. The van der Waals surface area contributed by atoms with Crippen molar-refractivity contribution in [3.8, 4) is 0 Å². The zero-order valence-electron chi connectivity index (χ0n) is 12.6. The van der Waals surface area contributed by atoms with E-state index in [1.807, 2.05) is 0 Å². The van der Waals surface area contributed by atoms with Crippen LogP contribution >= 0.6 is 0 Å². The maximum Gasteiger partial charge on any atom is 0.0716 e. The molecule has 0 aliphatic carbocycles. The van der Waals surface area contributed by atoms with Crippen molar-refractivity contribution in [1.82, 2.24) is 5.32 Å². The molecule has 1 aromatic rings. The molecule has 2 rings (SSSR count). The van der Waals surface area contributed by atoms with Gasteiger partial charge in [-0.25, -0.2) is 0 Å². The van der Waals surface area contributed by atoms with E-state index in [1.165, 1.54) is 22.4 Å². The summed E-state index contributed by atoms with van der Waals surface area (Å²) in [6.07, 6.45) is 1.44. The van der Waals surface area contributed by atoms with Crippen molar-refractivity contribution in [3.05, 3.63) is 28.8 Å². The summed E-state index contributed by atoms with van der Waals surface area (Å²) in [5.41, 5.74) is 5.51. The number of morpholine rings is 1. The van der Waals surface area contributed by atoms with Gasteiger partial charge in [0.25, 0.3) is 0 Å². The highest BCUT2D eigenvalue weighted by molar-refractivity contribution is 5.57. The van der Waals surface area contributed by atoms with Gasteiger partial charge in [0, 0.05) is 32.4 Å². The molecule has 106 valence electrons. The van der Waals surface area contributed by atoms with E-state index in [0.717, 1.165) is 32.7 Å². The molecule has 1 aliphatic rings. The standard InChI is InChI=1S/C16H26N2O/c1-12-5-6-16(14(3)13(12)2)18(4)9-7-15-11-17-8-10-19-15/h5-6,15,17H,7-11H2,1-4H3. The minimum atomic E-state index is 0.364. The lowest BCUT2D eigenvalue weighted by atomic mass is 10.0. The Labute approximate surface area is 116 Å². The third-order valence-electron chi connectivity index (χ3n) is 4.23. The predicted octanol–water partition coefficient (Wildman–Crippen LogP) is 2.43. The topological polar surface area (TPSA) is 24.5 Å². The summed E-state index contributed by atoms with van der Waals surface area (Å²) >= 11 is 0. The van der Waals surface area contributed by atoms with E-state index in [1.54, 1.807) is 0 Å². The zero-order valence-corrected chi connectivity index (χ0v) is 12.6. The summed E-state index contributed by atoms with van der Waals surface area (Å²) in [6.45, 7) is 10.5. The molecule has 0 saturated carbocycles. The average molecular weight is 262 g/mol. The fourth-order valence-electron chi connectivity index (χ4n) is 2.62. The molecule has 0 bridgehead atoms. The van der Waals surface area contributed by atoms with Crippen molar-refractivity contribution in [2.45, 2.75) is 33.3 Å². The Morgan fingerprint density at radius 1 is 1.26 bits per heavy atom. The van der Waals surface area contributed by atoms with Gasteiger partial charge in [0.1, 0.15) is 0 Å². The SMILES string of the molecule is Cc1ccc(N(C)CCC2CNCCO2)c(C)c1C. The van der Waals surface area contributed by atoms with E-state index >= 15 is 0 Å². The minimum Gasteiger partial charge on any atom is -0.376 e. The highest BCUT2D eigenvalue weighted by Gasteiger charge is 2.15. The smallest absolute Gasteiger partial charge is 0.0716 e. The zero-order chi connectivity index (χ0) is 13.8. The van der Waals surface area contributed by atoms with Crippen molar-refractivity contribution in [2.24, 2.45) is 0 Å². The lowest BCUT2D eigenvalue weighted by Gasteiger charge is -2.28. The van der Waals surface area contributed by atoms with E-state index in [-0.39, 0.29) is 0 Å². The lowest BCUT2D eigenvalue weighted by Crippen LogP contribution is -2.40. The summed E-state index contributed by atoms with van der Waals surface area (Å²) in [7, 11) is 2.17. The second-order valence-electron chi connectivity index (χ2n) is 5.56. The van der Waals surface area contributed by atoms with Crippen LogP contribution in [0.4, 0.5) is 5.69 Å². The molecular formula is C16H26N2O. The number of aryl methyl sites for hydroxylation is 1. The second kappa shape index (κ2) is 6.40. The summed E-state index contributed by atoms with van der Waals surface area (Å²) in [6, 6.07) is 4.45. The van der Waals surface area contributed by atoms with Gasteiger partial charge in [0.2, 0.25) is 0 Å². The molecule has 0 radical (unpaired) electrons. The van der Waals surface area contributed by atoms with E-state index < -0.39 is 0 Å². The molecule has 19 heavy (non-hydrogen) atoms. The molecule has 3 heteroatoms. The highest BCUT2D eigenvalue weighted by Crippen LogP contribution is 2.24. The Morgan fingerprint density at radius 2 is 2.05 bits per heavy atom.